The zero-order valence-electron chi connectivity index (χ0n) is 41.7. The van der Waals surface area contributed by atoms with E-state index in [2.05, 4.69) is 0 Å². The summed E-state index contributed by atoms with van der Waals surface area (Å²) in [5.74, 6) is -11.2. The number of benzene rings is 5. The molecule has 409 valence electrons. The summed E-state index contributed by atoms with van der Waals surface area (Å²) < 4.78 is 29.8. The van der Waals surface area contributed by atoms with Crippen LogP contribution in [0.1, 0.15) is 48.5 Å². The van der Waals surface area contributed by atoms with Crippen molar-refractivity contribution in [2.24, 2.45) is 0 Å². The molecule has 0 aliphatic rings. The molecule has 0 heterocycles. The molecule has 23 heteroatoms. The van der Waals surface area contributed by atoms with E-state index >= 15 is 0 Å². The number of hydrogen-bond acceptors (Lipinski definition) is 22. The van der Waals surface area contributed by atoms with E-state index in [0.717, 1.165) is 32.1 Å². The summed E-state index contributed by atoms with van der Waals surface area (Å²) >= 11 is 0. The Hall–Kier alpha value is -7.41. The zero-order chi connectivity index (χ0) is 55.3. The molecule has 0 aliphatic heterocycles. The standard InChI is InChI=1S/C54H59N3O19.Gd/c1-34-3-7-37(8-4-34)30-72-41-15-17-46(44(22-41)53(68)69)74-32-43(33-75-47-18-16-42(23-45(47)54(70)71)73-31-38-9-5-35(2)6-10-38)76-40-13-11-36(12-14-40)21-39(57(28-51(64)65)29-52(66)67)24-55(25-48(58)59)19-20-56(26-49(60)61)27-50(62)63;/h3-18,22-23,39,43H,19-21,24-33H2,1-2H3,(H,58,59)(H,60,61)(H,62,63)(H,64,65)(H,66,67)(H,68,69)(H,70,71);/q;+3/p-7. The van der Waals surface area contributed by atoms with Crippen molar-refractivity contribution in [1.29, 1.82) is 0 Å². The average molecular weight is 1200 g/mol. The average Bonchev–Trinajstić information content (AvgIpc) is 3.35. The number of nitrogens with zero attached hydrogens (tertiary/aromatic N) is 3. The summed E-state index contributed by atoms with van der Waals surface area (Å²) in [6.45, 7) is -2.18. The van der Waals surface area contributed by atoms with Crippen molar-refractivity contribution in [3.63, 3.8) is 0 Å². The van der Waals surface area contributed by atoms with Gasteiger partial charge < -0.3 is 93.0 Å². The van der Waals surface area contributed by atoms with E-state index in [0.29, 0.717) is 5.56 Å². The molecule has 0 saturated heterocycles. The molecule has 5 aromatic rings. The molecule has 1 atom stereocenters. The minimum atomic E-state index is -1.69. The molecule has 0 aromatic heterocycles. The van der Waals surface area contributed by atoms with Gasteiger partial charge in [0.15, 0.2) is 6.10 Å². The number of aromatic carboxylic acids is 2. The van der Waals surface area contributed by atoms with Gasteiger partial charge in [-0.15, -0.1) is 0 Å². The number of ether oxygens (including phenoxy) is 5. The van der Waals surface area contributed by atoms with Crippen LogP contribution >= 0.6 is 0 Å². The second-order valence-corrected chi connectivity index (χ2v) is 17.5. The van der Waals surface area contributed by atoms with Crippen molar-refractivity contribution >= 4 is 41.8 Å². The van der Waals surface area contributed by atoms with Crippen LogP contribution < -0.4 is 59.4 Å². The van der Waals surface area contributed by atoms with Gasteiger partial charge in [-0.2, -0.15) is 0 Å². The van der Waals surface area contributed by atoms with Gasteiger partial charge in [0.05, 0.1) is 41.8 Å². The fraction of sp³-hybridized carbons (Fsp3) is 0.315. The zero-order valence-corrected chi connectivity index (χ0v) is 44.0. The minimum absolute atomic E-state index is 0. The van der Waals surface area contributed by atoms with Gasteiger partial charge in [0.1, 0.15) is 55.2 Å². The first kappa shape index (κ1) is 62.1. The Kier molecular flexibility index (Phi) is 25.0. The van der Waals surface area contributed by atoms with Gasteiger partial charge in [0, 0.05) is 69.5 Å². The van der Waals surface area contributed by atoms with Gasteiger partial charge >= 0.3 is 39.9 Å². The van der Waals surface area contributed by atoms with Crippen LogP contribution in [-0.2, 0) is 43.6 Å². The van der Waals surface area contributed by atoms with E-state index in [4.69, 9.17) is 23.7 Å². The molecule has 0 fully saturated rings. The molecule has 0 saturated carbocycles. The van der Waals surface area contributed by atoms with Crippen molar-refractivity contribution in [1.82, 2.24) is 14.7 Å². The SMILES string of the molecule is Cc1ccc(COc2ccc(OCC(COc3ccc(OCc4ccc(C)cc4)cc3C(=O)[O-])Oc3ccc(CC(CN(CCN(CC(=O)[O-])CC(=O)[O-])CC(=O)[O-])N(CC(=O)[O-])CC(=O)[O-])cc3)c(C(=O)[O-])c2)cc1.[Gd+3]. The molecule has 0 spiro atoms. The summed E-state index contributed by atoms with van der Waals surface area (Å²) in [4.78, 5) is 85.8. The molecule has 0 aliphatic carbocycles. The molecule has 1 unspecified atom stereocenters. The van der Waals surface area contributed by atoms with E-state index in [1.165, 1.54) is 65.6 Å². The van der Waals surface area contributed by atoms with Crippen LogP contribution in [0.2, 0.25) is 0 Å². The Morgan fingerprint density at radius 3 is 1.23 bits per heavy atom. The normalized spacial score (nSPS) is 11.4. The molecule has 77 heavy (non-hydrogen) atoms. The molecule has 5 rings (SSSR count). The first-order chi connectivity index (χ1) is 36.2. The van der Waals surface area contributed by atoms with Gasteiger partial charge in [0.2, 0.25) is 0 Å². The van der Waals surface area contributed by atoms with Crippen molar-refractivity contribution in [3.05, 3.63) is 148 Å². The van der Waals surface area contributed by atoms with E-state index in [9.17, 15) is 69.3 Å². The van der Waals surface area contributed by atoms with Crippen LogP contribution in [0, 0.1) is 53.8 Å². The number of carboxylic acid groups (broad SMARTS) is 7. The van der Waals surface area contributed by atoms with Crippen molar-refractivity contribution in [2.45, 2.75) is 45.6 Å². The Morgan fingerprint density at radius 2 is 0.831 bits per heavy atom. The number of carbonyl (C=O) groups is 7. The summed E-state index contributed by atoms with van der Waals surface area (Å²) in [5.41, 5.74) is 3.44. The second kappa shape index (κ2) is 31.0. The Labute approximate surface area is 474 Å². The number of aryl methyl sites for hydroxylation is 2. The van der Waals surface area contributed by atoms with Crippen LogP contribution in [0.5, 0.6) is 28.7 Å². The first-order valence-corrected chi connectivity index (χ1v) is 23.5. The topological polar surface area (TPSA) is 337 Å². The Balaban J connectivity index is 0.0000128. The maximum Gasteiger partial charge on any atom is 3.00 e. The predicted octanol–water partition coefficient (Wildman–Crippen LogP) is -4.34. The molecule has 5 aromatic carbocycles. The van der Waals surface area contributed by atoms with Gasteiger partial charge in [-0.25, -0.2) is 0 Å². The van der Waals surface area contributed by atoms with E-state index in [-0.39, 0.29) is 119 Å². The monoisotopic (exact) mass is 1200 g/mol. The third-order valence-corrected chi connectivity index (χ3v) is 11.4. The van der Waals surface area contributed by atoms with Crippen LogP contribution in [0.25, 0.3) is 0 Å². The van der Waals surface area contributed by atoms with Crippen LogP contribution in [0.15, 0.2) is 109 Å². The minimum Gasteiger partial charge on any atom is -0.549 e. The van der Waals surface area contributed by atoms with E-state index < -0.39 is 99.9 Å². The summed E-state index contributed by atoms with van der Waals surface area (Å²) in [6, 6.07) is 28.0. The van der Waals surface area contributed by atoms with Crippen molar-refractivity contribution < 1.29 is 133 Å². The third-order valence-electron chi connectivity index (χ3n) is 11.4. The number of carboxylic acids is 7. The van der Waals surface area contributed by atoms with Gasteiger partial charge in [0.25, 0.3) is 0 Å². The number of aliphatic carboxylic acids is 5. The summed E-state index contributed by atoms with van der Waals surface area (Å²) in [7, 11) is 0. The Bertz CT molecular complexity index is 2650. The second-order valence-electron chi connectivity index (χ2n) is 17.5. The molecule has 22 nitrogen and oxygen atoms in total. The molecular weight excluding hydrogens is 1150 g/mol. The molecule has 0 bridgehead atoms. The third kappa shape index (κ3) is 22.0. The fourth-order valence-corrected chi connectivity index (χ4v) is 7.65. The van der Waals surface area contributed by atoms with Gasteiger partial charge in [-0.3, -0.25) is 14.7 Å². The fourth-order valence-electron chi connectivity index (χ4n) is 7.65. The van der Waals surface area contributed by atoms with Gasteiger partial charge in [-0.05, 0) is 85.5 Å². The van der Waals surface area contributed by atoms with E-state index in [1.54, 1.807) is 0 Å². The van der Waals surface area contributed by atoms with Gasteiger partial charge in [-0.1, -0.05) is 71.8 Å². The Morgan fingerprint density at radius 1 is 0.455 bits per heavy atom. The maximum absolute atomic E-state index is 12.4. The van der Waals surface area contributed by atoms with Crippen molar-refractivity contribution in [3.8, 4) is 28.7 Å². The molecular formula is C54H52GdN3O19-4. The number of carbonyl (C=O) groups excluding carboxylic acids is 7. The maximum atomic E-state index is 12.4. The smallest absolute Gasteiger partial charge is 0.549 e. The van der Waals surface area contributed by atoms with Crippen LogP contribution in [0.4, 0.5) is 0 Å². The predicted molar refractivity (Wildman–Crippen MR) is 251 cm³/mol. The largest absolute Gasteiger partial charge is 3.00 e. The number of hydrogen-bond donors (Lipinski definition) is 0. The summed E-state index contributed by atoms with van der Waals surface area (Å²) in [5, 5.41) is 82.8. The quantitative estimate of drug-likeness (QED) is 0.0376. The molecule has 1 radical (unpaired) electrons. The first-order valence-electron chi connectivity index (χ1n) is 23.5. The summed E-state index contributed by atoms with van der Waals surface area (Å²) in [6.07, 6.45) is -1.29. The molecule has 0 N–H and O–H groups in total. The van der Waals surface area contributed by atoms with Crippen molar-refractivity contribution in [2.75, 3.05) is 65.6 Å². The molecule has 0 amide bonds. The van der Waals surface area contributed by atoms with Crippen LogP contribution in [-0.4, -0.2) is 134 Å². The van der Waals surface area contributed by atoms with E-state index in [1.807, 2.05) is 62.4 Å². The number of rotatable bonds is 34. The van der Waals surface area contributed by atoms with Crippen LogP contribution in [0.3, 0.4) is 0 Å².